The summed E-state index contributed by atoms with van der Waals surface area (Å²) in [5.74, 6) is 0. The third-order valence-corrected chi connectivity index (χ3v) is 5.42. The fraction of sp³-hybridized carbons (Fsp3) is 0.222. The third kappa shape index (κ3) is 2.95. The number of anilines is 1. The van der Waals surface area contributed by atoms with Crippen LogP contribution in [0.2, 0.25) is 0 Å². The molecule has 20 heavy (non-hydrogen) atoms. The van der Waals surface area contributed by atoms with Gasteiger partial charge in [-0.05, 0) is 0 Å². The average molecular weight is 317 g/mol. The van der Waals surface area contributed by atoms with E-state index in [2.05, 4.69) is 20.2 Å². The first-order valence-corrected chi connectivity index (χ1v) is 7.67. The first-order valence-electron chi connectivity index (χ1n) is 5.37. The minimum absolute atomic E-state index is 0.0550. The number of aromatic nitrogens is 2. The van der Waals surface area contributed by atoms with Crippen LogP contribution in [0.1, 0.15) is 5.56 Å². The van der Waals surface area contributed by atoms with E-state index in [1.54, 1.807) is 6.20 Å². The Labute approximate surface area is 118 Å². The summed E-state index contributed by atoms with van der Waals surface area (Å²) >= 11 is 0.805. The largest absolute Gasteiger partial charge is 0.374 e. The smallest absolute Gasteiger partial charge is 0.304 e. The number of aromatic amines is 1. The summed E-state index contributed by atoms with van der Waals surface area (Å²) in [6.45, 7) is 0.0550. The predicted octanol–water partition coefficient (Wildman–Crippen LogP) is 0.900. The summed E-state index contributed by atoms with van der Waals surface area (Å²) in [5.41, 5.74) is 0.398. The van der Waals surface area contributed by atoms with Gasteiger partial charge in [0.25, 0.3) is 10.0 Å². The second kappa shape index (κ2) is 5.56. The number of rotatable bonds is 6. The lowest BCUT2D eigenvalue weighted by Gasteiger charge is -2.01. The molecule has 0 aromatic carbocycles. The molecule has 0 spiro atoms. The van der Waals surface area contributed by atoms with Crippen molar-refractivity contribution < 1.29 is 13.3 Å². The van der Waals surface area contributed by atoms with Gasteiger partial charge in [-0.25, -0.2) is 13.1 Å². The van der Waals surface area contributed by atoms with Crippen LogP contribution < -0.4 is 10.0 Å². The normalized spacial score (nSPS) is 11.4. The van der Waals surface area contributed by atoms with Crippen LogP contribution in [-0.4, -0.2) is 30.6 Å². The molecule has 0 aliphatic carbocycles. The number of hydrogen-bond donors (Lipinski definition) is 3. The summed E-state index contributed by atoms with van der Waals surface area (Å²) in [6.07, 6.45) is 3.04. The van der Waals surface area contributed by atoms with Crippen LogP contribution in [0.3, 0.4) is 0 Å². The molecule has 9 nitrogen and oxygen atoms in total. The molecule has 2 heterocycles. The molecule has 2 aromatic heterocycles. The van der Waals surface area contributed by atoms with Crippen molar-refractivity contribution in [2.24, 2.45) is 0 Å². The van der Waals surface area contributed by atoms with Crippen LogP contribution >= 0.6 is 11.3 Å². The summed E-state index contributed by atoms with van der Waals surface area (Å²) in [4.78, 5) is 10.2. The predicted molar refractivity (Wildman–Crippen MR) is 73.1 cm³/mol. The van der Waals surface area contributed by atoms with Crippen molar-refractivity contribution in [2.75, 3.05) is 12.4 Å². The molecule has 0 bridgehead atoms. The van der Waals surface area contributed by atoms with Crippen LogP contribution in [0.5, 0.6) is 0 Å². The lowest BCUT2D eigenvalue weighted by molar-refractivity contribution is -0.383. The second-order valence-electron chi connectivity index (χ2n) is 3.72. The van der Waals surface area contributed by atoms with E-state index in [4.69, 9.17) is 0 Å². The lowest BCUT2D eigenvalue weighted by atomic mass is 10.4. The Morgan fingerprint density at radius 3 is 2.80 bits per heavy atom. The van der Waals surface area contributed by atoms with E-state index in [1.165, 1.54) is 13.2 Å². The van der Waals surface area contributed by atoms with Gasteiger partial charge in [-0.2, -0.15) is 5.10 Å². The maximum Gasteiger partial charge on any atom is 0.304 e. The zero-order chi connectivity index (χ0) is 14.8. The van der Waals surface area contributed by atoms with Gasteiger partial charge in [0.1, 0.15) is 4.21 Å². The maximum atomic E-state index is 12.0. The van der Waals surface area contributed by atoms with Gasteiger partial charge in [0.05, 0.1) is 11.1 Å². The lowest BCUT2D eigenvalue weighted by Crippen LogP contribution is -2.22. The molecule has 0 unspecified atom stereocenters. The van der Waals surface area contributed by atoms with Crippen molar-refractivity contribution in [1.29, 1.82) is 0 Å². The van der Waals surface area contributed by atoms with Crippen LogP contribution in [0.15, 0.2) is 22.7 Å². The van der Waals surface area contributed by atoms with E-state index >= 15 is 0 Å². The molecule has 0 saturated heterocycles. The van der Waals surface area contributed by atoms with Crippen molar-refractivity contribution in [2.45, 2.75) is 10.8 Å². The monoisotopic (exact) mass is 317 g/mol. The Kier molecular flexibility index (Phi) is 4.01. The van der Waals surface area contributed by atoms with Crippen LogP contribution in [0, 0.1) is 10.1 Å². The Balaban J connectivity index is 2.23. The number of nitrogens with one attached hydrogen (secondary N) is 3. The van der Waals surface area contributed by atoms with E-state index in [9.17, 15) is 18.5 Å². The number of thiophene rings is 1. The topological polar surface area (TPSA) is 130 Å². The zero-order valence-corrected chi connectivity index (χ0v) is 11.9. The number of H-pyrrole nitrogens is 1. The van der Waals surface area contributed by atoms with E-state index in [0.717, 1.165) is 17.4 Å². The molecule has 0 aliphatic heterocycles. The molecule has 0 atom stereocenters. The van der Waals surface area contributed by atoms with Gasteiger partial charge in [-0.1, -0.05) is 11.3 Å². The molecular weight excluding hydrogens is 306 g/mol. The van der Waals surface area contributed by atoms with Crippen molar-refractivity contribution in [1.82, 2.24) is 14.9 Å². The van der Waals surface area contributed by atoms with Gasteiger partial charge in [0.2, 0.25) is 0 Å². The first kappa shape index (κ1) is 14.4. The summed E-state index contributed by atoms with van der Waals surface area (Å²) in [6, 6.07) is 1.04. The minimum atomic E-state index is -3.80. The number of sulfonamides is 1. The summed E-state index contributed by atoms with van der Waals surface area (Å²) in [7, 11) is -2.31. The number of hydrogen-bond acceptors (Lipinski definition) is 7. The van der Waals surface area contributed by atoms with Crippen LogP contribution in [0.4, 0.5) is 10.7 Å². The van der Waals surface area contributed by atoms with Crippen LogP contribution in [0.25, 0.3) is 0 Å². The SMILES string of the molecule is CNc1sc(S(=O)(=O)NCc2cn[nH]c2)cc1[N+](=O)[O-]. The van der Waals surface area contributed by atoms with Gasteiger partial charge in [0, 0.05) is 31.4 Å². The van der Waals surface area contributed by atoms with E-state index in [-0.39, 0.29) is 21.4 Å². The Morgan fingerprint density at radius 2 is 2.30 bits per heavy atom. The second-order valence-corrected chi connectivity index (χ2v) is 6.76. The molecule has 2 aromatic rings. The highest BCUT2D eigenvalue weighted by atomic mass is 32.2. The summed E-state index contributed by atoms with van der Waals surface area (Å²) in [5, 5.41) is 19.9. The van der Waals surface area contributed by atoms with E-state index < -0.39 is 14.9 Å². The molecule has 3 N–H and O–H groups in total. The Morgan fingerprint density at radius 1 is 1.55 bits per heavy atom. The van der Waals surface area contributed by atoms with Crippen molar-refractivity contribution in [3.05, 3.63) is 34.1 Å². The number of nitrogens with zero attached hydrogens (tertiary/aromatic N) is 2. The molecule has 0 fully saturated rings. The van der Waals surface area contributed by atoms with Crippen molar-refractivity contribution >= 4 is 32.0 Å². The Hall–Kier alpha value is -1.98. The van der Waals surface area contributed by atoms with Gasteiger partial charge < -0.3 is 5.32 Å². The van der Waals surface area contributed by atoms with Crippen LogP contribution in [-0.2, 0) is 16.6 Å². The molecular formula is C9H11N5O4S2. The van der Waals surface area contributed by atoms with E-state index in [1.807, 2.05) is 0 Å². The van der Waals surface area contributed by atoms with Gasteiger partial charge in [-0.3, -0.25) is 15.2 Å². The molecule has 0 amide bonds. The van der Waals surface area contributed by atoms with Gasteiger partial charge in [0.15, 0.2) is 5.00 Å². The molecule has 2 rings (SSSR count). The third-order valence-electron chi connectivity index (χ3n) is 2.40. The molecule has 0 saturated carbocycles. The zero-order valence-electron chi connectivity index (χ0n) is 10.3. The molecule has 0 radical (unpaired) electrons. The first-order chi connectivity index (χ1) is 9.44. The highest BCUT2D eigenvalue weighted by Gasteiger charge is 2.25. The maximum absolute atomic E-state index is 12.0. The van der Waals surface area contributed by atoms with E-state index in [0.29, 0.717) is 5.56 Å². The number of nitro groups is 1. The molecule has 108 valence electrons. The Bertz CT molecular complexity index is 707. The summed E-state index contributed by atoms with van der Waals surface area (Å²) < 4.78 is 26.3. The fourth-order valence-electron chi connectivity index (χ4n) is 1.43. The highest BCUT2D eigenvalue weighted by molar-refractivity contribution is 7.91. The van der Waals surface area contributed by atoms with Crippen molar-refractivity contribution in [3.8, 4) is 0 Å². The van der Waals surface area contributed by atoms with Crippen molar-refractivity contribution in [3.63, 3.8) is 0 Å². The molecule has 11 heteroatoms. The minimum Gasteiger partial charge on any atom is -0.374 e. The van der Waals surface area contributed by atoms with Gasteiger partial charge in [-0.15, -0.1) is 0 Å². The fourth-order valence-corrected chi connectivity index (χ4v) is 3.77. The molecule has 0 aliphatic rings. The quantitative estimate of drug-likeness (QED) is 0.536. The average Bonchev–Trinajstić information content (AvgIpc) is 3.05. The highest BCUT2D eigenvalue weighted by Crippen LogP contribution is 2.36. The van der Waals surface area contributed by atoms with Gasteiger partial charge >= 0.3 is 5.69 Å². The standard InChI is InChI=1S/C9H11N5O4S2/c1-10-9-7(14(15)16)2-8(19-9)20(17,18)13-5-6-3-11-12-4-6/h2-4,10,13H,5H2,1H3,(H,11,12).